The fourth-order valence-electron chi connectivity index (χ4n) is 1.42. The summed E-state index contributed by atoms with van der Waals surface area (Å²) in [7, 11) is 0. The van der Waals surface area contributed by atoms with Gasteiger partial charge in [0.15, 0.2) is 0 Å². The fraction of sp³-hybridized carbons (Fsp3) is 1.00. The van der Waals surface area contributed by atoms with Gasteiger partial charge >= 0.3 is 0 Å². The van der Waals surface area contributed by atoms with E-state index in [9.17, 15) is 0 Å². The molecule has 1 atom stereocenters. The van der Waals surface area contributed by atoms with Crippen LogP contribution in [0.4, 0.5) is 0 Å². The predicted octanol–water partition coefficient (Wildman–Crippen LogP) is 2.58. The van der Waals surface area contributed by atoms with Crippen molar-refractivity contribution in [3.63, 3.8) is 0 Å². The minimum atomic E-state index is 0.663. The molecule has 0 amide bonds. The Morgan fingerprint density at radius 1 is 1.08 bits per heavy atom. The van der Waals surface area contributed by atoms with Crippen molar-refractivity contribution >= 4 is 0 Å². The van der Waals surface area contributed by atoms with Crippen molar-refractivity contribution in [3.05, 3.63) is 0 Å². The standard InChI is InChI=1S/C11H25NO/c1-4-7-11(12-9-5-2)8-10-13-6-3/h11-12H,4-10H2,1-3H3. The third-order valence-corrected chi connectivity index (χ3v) is 2.13. The second-order valence-electron chi connectivity index (χ2n) is 3.43. The van der Waals surface area contributed by atoms with E-state index in [4.69, 9.17) is 4.74 Å². The van der Waals surface area contributed by atoms with Gasteiger partial charge in [-0.1, -0.05) is 20.3 Å². The molecule has 0 aromatic heterocycles. The summed E-state index contributed by atoms with van der Waals surface area (Å²) in [6, 6.07) is 0.663. The van der Waals surface area contributed by atoms with Crippen molar-refractivity contribution in [3.8, 4) is 0 Å². The lowest BCUT2D eigenvalue weighted by molar-refractivity contribution is 0.135. The molecule has 0 radical (unpaired) electrons. The Hall–Kier alpha value is -0.0800. The number of nitrogens with one attached hydrogen (secondary N) is 1. The van der Waals surface area contributed by atoms with Gasteiger partial charge in [-0.25, -0.2) is 0 Å². The summed E-state index contributed by atoms with van der Waals surface area (Å²) < 4.78 is 5.35. The van der Waals surface area contributed by atoms with E-state index in [2.05, 4.69) is 19.2 Å². The van der Waals surface area contributed by atoms with Gasteiger partial charge in [0, 0.05) is 19.3 Å². The van der Waals surface area contributed by atoms with Crippen molar-refractivity contribution in [1.82, 2.24) is 5.32 Å². The minimum absolute atomic E-state index is 0.663. The second-order valence-corrected chi connectivity index (χ2v) is 3.43. The van der Waals surface area contributed by atoms with Crippen LogP contribution in [0.25, 0.3) is 0 Å². The van der Waals surface area contributed by atoms with E-state index in [1.54, 1.807) is 0 Å². The molecule has 0 aliphatic rings. The van der Waals surface area contributed by atoms with E-state index >= 15 is 0 Å². The Labute approximate surface area is 83.1 Å². The lowest BCUT2D eigenvalue weighted by Gasteiger charge is -2.17. The molecule has 0 rings (SSSR count). The predicted molar refractivity (Wildman–Crippen MR) is 58.1 cm³/mol. The molecular formula is C11H25NO. The number of ether oxygens (including phenoxy) is 1. The molecular weight excluding hydrogens is 162 g/mol. The molecule has 80 valence electrons. The molecule has 0 aliphatic heterocycles. The molecule has 13 heavy (non-hydrogen) atoms. The highest BCUT2D eigenvalue weighted by molar-refractivity contribution is 4.65. The zero-order valence-electron chi connectivity index (χ0n) is 9.44. The van der Waals surface area contributed by atoms with Crippen molar-refractivity contribution in [2.45, 2.75) is 52.5 Å². The molecule has 0 spiro atoms. The molecule has 0 aliphatic carbocycles. The first-order valence-corrected chi connectivity index (χ1v) is 5.66. The van der Waals surface area contributed by atoms with Gasteiger partial charge in [-0.05, 0) is 32.7 Å². The van der Waals surface area contributed by atoms with Gasteiger partial charge in [0.05, 0.1) is 0 Å². The average molecular weight is 187 g/mol. The van der Waals surface area contributed by atoms with E-state index in [0.29, 0.717) is 6.04 Å². The molecule has 0 saturated carbocycles. The molecule has 2 heteroatoms. The van der Waals surface area contributed by atoms with Crippen LogP contribution in [0.15, 0.2) is 0 Å². The summed E-state index contributed by atoms with van der Waals surface area (Å²) in [5.74, 6) is 0. The third-order valence-electron chi connectivity index (χ3n) is 2.13. The molecule has 0 fully saturated rings. The van der Waals surface area contributed by atoms with E-state index in [1.165, 1.54) is 19.3 Å². The van der Waals surface area contributed by atoms with Gasteiger partial charge < -0.3 is 10.1 Å². The Morgan fingerprint density at radius 2 is 1.85 bits per heavy atom. The summed E-state index contributed by atoms with van der Waals surface area (Å²) in [6.45, 7) is 9.37. The molecule has 1 N–H and O–H groups in total. The Morgan fingerprint density at radius 3 is 2.38 bits per heavy atom. The number of hydrogen-bond acceptors (Lipinski definition) is 2. The maximum absolute atomic E-state index is 5.35. The van der Waals surface area contributed by atoms with Gasteiger partial charge in [-0.2, -0.15) is 0 Å². The topological polar surface area (TPSA) is 21.3 Å². The van der Waals surface area contributed by atoms with E-state index in [-0.39, 0.29) is 0 Å². The normalized spacial score (nSPS) is 13.2. The van der Waals surface area contributed by atoms with Crippen LogP contribution in [-0.4, -0.2) is 25.8 Å². The van der Waals surface area contributed by atoms with Crippen molar-refractivity contribution in [2.24, 2.45) is 0 Å². The van der Waals surface area contributed by atoms with Gasteiger partial charge in [-0.3, -0.25) is 0 Å². The Balaban J connectivity index is 3.41. The highest BCUT2D eigenvalue weighted by atomic mass is 16.5. The van der Waals surface area contributed by atoms with Gasteiger partial charge in [0.2, 0.25) is 0 Å². The van der Waals surface area contributed by atoms with Gasteiger partial charge in [0.25, 0.3) is 0 Å². The summed E-state index contributed by atoms with van der Waals surface area (Å²) in [6.07, 6.45) is 4.90. The monoisotopic (exact) mass is 187 g/mol. The maximum Gasteiger partial charge on any atom is 0.0480 e. The first-order valence-electron chi connectivity index (χ1n) is 5.66. The highest BCUT2D eigenvalue weighted by Crippen LogP contribution is 2.02. The Bertz CT molecular complexity index is 96.1. The van der Waals surface area contributed by atoms with Crippen LogP contribution in [-0.2, 0) is 4.74 Å². The van der Waals surface area contributed by atoms with Crippen molar-refractivity contribution < 1.29 is 4.74 Å². The lowest BCUT2D eigenvalue weighted by atomic mass is 10.1. The second kappa shape index (κ2) is 10.0. The van der Waals surface area contributed by atoms with Crippen LogP contribution < -0.4 is 5.32 Å². The number of rotatable bonds is 9. The smallest absolute Gasteiger partial charge is 0.0480 e. The highest BCUT2D eigenvalue weighted by Gasteiger charge is 2.05. The zero-order chi connectivity index (χ0) is 9.94. The summed E-state index contributed by atoms with van der Waals surface area (Å²) in [5, 5.41) is 3.55. The van der Waals surface area contributed by atoms with Crippen molar-refractivity contribution in [2.75, 3.05) is 19.8 Å². The van der Waals surface area contributed by atoms with Gasteiger partial charge in [-0.15, -0.1) is 0 Å². The molecule has 0 aromatic carbocycles. The third kappa shape index (κ3) is 8.26. The largest absolute Gasteiger partial charge is 0.382 e. The van der Waals surface area contributed by atoms with Crippen LogP contribution >= 0.6 is 0 Å². The molecule has 2 nitrogen and oxygen atoms in total. The zero-order valence-corrected chi connectivity index (χ0v) is 9.44. The van der Waals surface area contributed by atoms with Crippen LogP contribution in [0.3, 0.4) is 0 Å². The van der Waals surface area contributed by atoms with Crippen LogP contribution in [0.1, 0.15) is 46.5 Å². The maximum atomic E-state index is 5.35. The quantitative estimate of drug-likeness (QED) is 0.560. The van der Waals surface area contributed by atoms with Crippen LogP contribution in [0.5, 0.6) is 0 Å². The number of hydrogen-bond donors (Lipinski definition) is 1. The van der Waals surface area contributed by atoms with Crippen molar-refractivity contribution in [1.29, 1.82) is 0 Å². The average Bonchev–Trinajstić information content (AvgIpc) is 2.14. The van der Waals surface area contributed by atoms with E-state index in [0.717, 1.165) is 26.2 Å². The van der Waals surface area contributed by atoms with Gasteiger partial charge in [0.1, 0.15) is 0 Å². The molecule has 0 aromatic rings. The van der Waals surface area contributed by atoms with Crippen LogP contribution in [0.2, 0.25) is 0 Å². The summed E-state index contributed by atoms with van der Waals surface area (Å²) in [4.78, 5) is 0. The molecule has 0 bridgehead atoms. The lowest BCUT2D eigenvalue weighted by Crippen LogP contribution is -2.30. The first-order chi connectivity index (χ1) is 6.35. The SMILES string of the molecule is CCCNC(CCC)CCOCC. The first kappa shape index (κ1) is 12.9. The fourth-order valence-corrected chi connectivity index (χ4v) is 1.42. The molecule has 0 heterocycles. The van der Waals surface area contributed by atoms with E-state index < -0.39 is 0 Å². The van der Waals surface area contributed by atoms with E-state index in [1.807, 2.05) is 6.92 Å². The minimum Gasteiger partial charge on any atom is -0.382 e. The van der Waals surface area contributed by atoms with Crippen LogP contribution in [0, 0.1) is 0 Å². The summed E-state index contributed by atoms with van der Waals surface area (Å²) in [5.41, 5.74) is 0. The Kier molecular flexibility index (Phi) is 9.94. The summed E-state index contributed by atoms with van der Waals surface area (Å²) >= 11 is 0. The molecule has 0 saturated heterocycles. The molecule has 1 unspecified atom stereocenters.